The molecule has 6 nitrogen and oxygen atoms in total. The first kappa shape index (κ1) is 15.7. The predicted octanol–water partition coefficient (Wildman–Crippen LogP) is 2.80. The lowest BCUT2D eigenvalue weighted by Gasteiger charge is -2.14. The van der Waals surface area contributed by atoms with E-state index in [0.717, 1.165) is 24.1 Å². The molecule has 0 unspecified atom stereocenters. The van der Waals surface area contributed by atoms with Gasteiger partial charge < -0.3 is 5.11 Å². The zero-order chi connectivity index (χ0) is 16.1. The number of aromatic carboxylic acids is 1. The Morgan fingerprint density at radius 1 is 1.32 bits per heavy atom. The van der Waals surface area contributed by atoms with Crippen molar-refractivity contribution in [2.24, 2.45) is 0 Å². The molecule has 0 radical (unpaired) electrons. The third-order valence-corrected chi connectivity index (χ3v) is 3.78. The summed E-state index contributed by atoms with van der Waals surface area (Å²) in [6.07, 6.45) is 1.83. The molecule has 0 bridgehead atoms. The van der Waals surface area contributed by atoms with Gasteiger partial charge in [-0.25, -0.2) is 9.48 Å². The topological polar surface area (TPSA) is 91.8 Å². The molecule has 114 valence electrons. The molecule has 0 spiro atoms. The molecule has 0 aliphatic rings. The minimum Gasteiger partial charge on any atom is -0.478 e. The fraction of sp³-hybridized carbons (Fsp3) is 0.375. The smallest absolute Gasteiger partial charge is 0.335 e. The summed E-state index contributed by atoms with van der Waals surface area (Å²) < 4.78 is 1.74. The molecule has 1 N–H and O–H groups in total. The lowest BCUT2D eigenvalue weighted by atomic mass is 9.97. The van der Waals surface area contributed by atoms with Crippen LogP contribution in [0, 0.1) is 11.3 Å². The van der Waals surface area contributed by atoms with Gasteiger partial charge in [0.2, 0.25) is 0 Å². The summed E-state index contributed by atoms with van der Waals surface area (Å²) in [6.45, 7) is 4.63. The zero-order valence-corrected chi connectivity index (χ0v) is 12.7. The van der Waals surface area contributed by atoms with Crippen molar-refractivity contribution in [1.82, 2.24) is 15.0 Å². The Morgan fingerprint density at radius 3 is 2.45 bits per heavy atom. The van der Waals surface area contributed by atoms with Crippen molar-refractivity contribution in [3.8, 4) is 6.07 Å². The standard InChI is InChI=1S/C16H18N4O2/c1-3-12(4-2)15-14(9-17)18-19-20(15)10-11-5-7-13(8-6-11)16(21)22/h5-8,12H,3-4,10H2,1-2H3,(H,21,22). The Bertz CT molecular complexity index is 694. The molecule has 0 atom stereocenters. The quantitative estimate of drug-likeness (QED) is 0.885. The molecule has 6 heteroatoms. The van der Waals surface area contributed by atoms with E-state index in [1.54, 1.807) is 28.9 Å². The van der Waals surface area contributed by atoms with Gasteiger partial charge in [0.05, 0.1) is 17.8 Å². The van der Waals surface area contributed by atoms with E-state index in [9.17, 15) is 10.1 Å². The summed E-state index contributed by atoms with van der Waals surface area (Å²) >= 11 is 0. The van der Waals surface area contributed by atoms with Crippen molar-refractivity contribution in [3.05, 3.63) is 46.8 Å². The second-order valence-electron chi connectivity index (χ2n) is 5.11. The van der Waals surface area contributed by atoms with E-state index in [-0.39, 0.29) is 11.5 Å². The number of benzene rings is 1. The first-order chi connectivity index (χ1) is 10.6. The number of carbonyl (C=O) groups is 1. The van der Waals surface area contributed by atoms with Crippen molar-refractivity contribution in [2.45, 2.75) is 39.2 Å². The lowest BCUT2D eigenvalue weighted by Crippen LogP contribution is -2.11. The average molecular weight is 298 g/mol. The van der Waals surface area contributed by atoms with Crippen LogP contribution >= 0.6 is 0 Å². The molecule has 0 aliphatic heterocycles. The van der Waals surface area contributed by atoms with Crippen molar-refractivity contribution in [1.29, 1.82) is 5.26 Å². The van der Waals surface area contributed by atoms with Crippen molar-refractivity contribution >= 4 is 5.97 Å². The van der Waals surface area contributed by atoms with Crippen LogP contribution in [-0.4, -0.2) is 26.1 Å². The maximum absolute atomic E-state index is 10.9. The molecule has 0 fully saturated rings. The Morgan fingerprint density at radius 2 is 1.95 bits per heavy atom. The maximum Gasteiger partial charge on any atom is 0.335 e. The van der Waals surface area contributed by atoms with Crippen LogP contribution in [0.15, 0.2) is 24.3 Å². The maximum atomic E-state index is 10.9. The van der Waals surface area contributed by atoms with E-state index in [1.807, 2.05) is 0 Å². The summed E-state index contributed by atoms with van der Waals surface area (Å²) in [6, 6.07) is 8.75. The number of nitrogens with zero attached hydrogens (tertiary/aromatic N) is 4. The van der Waals surface area contributed by atoms with Crippen LogP contribution in [0.5, 0.6) is 0 Å². The van der Waals surface area contributed by atoms with Gasteiger partial charge in [-0.1, -0.05) is 31.2 Å². The van der Waals surface area contributed by atoms with Gasteiger partial charge in [-0.15, -0.1) is 5.10 Å². The molecule has 1 aromatic heterocycles. The van der Waals surface area contributed by atoms with Gasteiger partial charge in [0.15, 0.2) is 5.69 Å². The molecule has 22 heavy (non-hydrogen) atoms. The summed E-state index contributed by atoms with van der Waals surface area (Å²) in [5.74, 6) is -0.709. The monoisotopic (exact) mass is 298 g/mol. The van der Waals surface area contributed by atoms with Gasteiger partial charge in [0.1, 0.15) is 6.07 Å². The van der Waals surface area contributed by atoms with Gasteiger partial charge in [0, 0.05) is 5.92 Å². The summed E-state index contributed by atoms with van der Waals surface area (Å²) in [4.78, 5) is 10.9. The number of aromatic nitrogens is 3. The van der Waals surface area contributed by atoms with E-state index < -0.39 is 5.97 Å². The highest BCUT2D eigenvalue weighted by Crippen LogP contribution is 2.25. The van der Waals surface area contributed by atoms with E-state index >= 15 is 0 Å². The highest BCUT2D eigenvalue weighted by atomic mass is 16.4. The predicted molar refractivity (Wildman–Crippen MR) is 80.6 cm³/mol. The zero-order valence-electron chi connectivity index (χ0n) is 12.7. The van der Waals surface area contributed by atoms with E-state index in [0.29, 0.717) is 12.2 Å². The second-order valence-corrected chi connectivity index (χ2v) is 5.11. The van der Waals surface area contributed by atoms with Gasteiger partial charge in [-0.3, -0.25) is 0 Å². The SMILES string of the molecule is CCC(CC)c1c(C#N)nnn1Cc1ccc(C(=O)O)cc1. The molecule has 0 saturated heterocycles. The first-order valence-corrected chi connectivity index (χ1v) is 7.26. The summed E-state index contributed by atoms with van der Waals surface area (Å²) in [7, 11) is 0. The van der Waals surface area contributed by atoms with Gasteiger partial charge in [-0.2, -0.15) is 5.26 Å². The van der Waals surface area contributed by atoms with Crippen LogP contribution in [0.3, 0.4) is 0 Å². The summed E-state index contributed by atoms with van der Waals surface area (Å²) in [5.41, 5.74) is 2.40. The van der Waals surface area contributed by atoms with Crippen molar-refractivity contribution in [2.75, 3.05) is 0 Å². The molecular formula is C16H18N4O2. The number of hydrogen-bond donors (Lipinski definition) is 1. The fourth-order valence-corrected chi connectivity index (χ4v) is 2.52. The third kappa shape index (κ3) is 3.14. The van der Waals surface area contributed by atoms with Gasteiger partial charge >= 0.3 is 5.97 Å². The van der Waals surface area contributed by atoms with Crippen molar-refractivity contribution in [3.63, 3.8) is 0 Å². The van der Waals surface area contributed by atoms with E-state index in [2.05, 4.69) is 30.2 Å². The minimum atomic E-state index is -0.947. The molecular weight excluding hydrogens is 280 g/mol. The van der Waals surface area contributed by atoms with Crippen LogP contribution in [0.2, 0.25) is 0 Å². The molecule has 0 saturated carbocycles. The molecule has 2 aromatic rings. The molecule has 0 aliphatic carbocycles. The normalized spacial score (nSPS) is 10.6. The third-order valence-electron chi connectivity index (χ3n) is 3.78. The Kier molecular flexibility index (Phi) is 4.89. The number of carboxylic acid groups (broad SMARTS) is 1. The van der Waals surface area contributed by atoms with Crippen LogP contribution in [0.4, 0.5) is 0 Å². The number of rotatable bonds is 6. The van der Waals surface area contributed by atoms with E-state index in [4.69, 9.17) is 5.11 Å². The average Bonchev–Trinajstić information content (AvgIpc) is 2.92. The van der Waals surface area contributed by atoms with Crippen LogP contribution in [-0.2, 0) is 6.54 Å². The lowest BCUT2D eigenvalue weighted by molar-refractivity contribution is 0.0697. The Labute approximate surface area is 129 Å². The summed E-state index contributed by atoms with van der Waals surface area (Å²) in [5, 5.41) is 26.2. The largest absolute Gasteiger partial charge is 0.478 e. The van der Waals surface area contributed by atoms with Crippen LogP contribution in [0.25, 0.3) is 0 Å². The van der Waals surface area contributed by atoms with Gasteiger partial charge in [0.25, 0.3) is 0 Å². The number of hydrogen-bond acceptors (Lipinski definition) is 4. The highest BCUT2D eigenvalue weighted by Gasteiger charge is 2.20. The highest BCUT2D eigenvalue weighted by molar-refractivity contribution is 5.87. The molecule has 1 aromatic carbocycles. The minimum absolute atomic E-state index is 0.239. The van der Waals surface area contributed by atoms with Crippen LogP contribution < -0.4 is 0 Å². The van der Waals surface area contributed by atoms with Gasteiger partial charge in [-0.05, 0) is 30.5 Å². The number of carboxylic acids is 1. The first-order valence-electron chi connectivity index (χ1n) is 7.26. The molecule has 0 amide bonds. The Hall–Kier alpha value is -2.68. The molecule has 1 heterocycles. The molecule has 2 rings (SSSR count). The Balaban J connectivity index is 2.31. The second kappa shape index (κ2) is 6.85. The van der Waals surface area contributed by atoms with Crippen molar-refractivity contribution < 1.29 is 9.90 Å². The van der Waals surface area contributed by atoms with Crippen LogP contribution in [0.1, 0.15) is 59.9 Å². The van der Waals surface area contributed by atoms with E-state index in [1.165, 1.54) is 0 Å². The number of nitriles is 1. The fourth-order valence-electron chi connectivity index (χ4n) is 2.52.